The van der Waals surface area contributed by atoms with Gasteiger partial charge in [0.15, 0.2) is 5.15 Å². The van der Waals surface area contributed by atoms with Crippen LogP contribution in [0.1, 0.15) is 10.4 Å². The summed E-state index contributed by atoms with van der Waals surface area (Å²) in [4.78, 5) is 4.61. The second kappa shape index (κ2) is 4.01. The van der Waals surface area contributed by atoms with Gasteiger partial charge in [-0.1, -0.05) is 41.4 Å². The highest BCUT2D eigenvalue weighted by Gasteiger charge is 2.09. The van der Waals surface area contributed by atoms with Gasteiger partial charge in [0.05, 0.1) is 0 Å². The molecule has 0 fully saturated rings. The van der Waals surface area contributed by atoms with Crippen LogP contribution in [0.25, 0.3) is 10.6 Å². The summed E-state index contributed by atoms with van der Waals surface area (Å²) in [7, 11) is 0. The van der Waals surface area contributed by atoms with Crippen molar-refractivity contribution in [2.24, 2.45) is 0 Å². The summed E-state index contributed by atoms with van der Waals surface area (Å²) in [5.74, 6) is 0. The Balaban J connectivity index is 2.46. The maximum Gasteiger partial charge on any atom is 0.158 e. The predicted molar refractivity (Wildman–Crippen MR) is 62.0 cm³/mol. The van der Waals surface area contributed by atoms with Gasteiger partial charge in [0.1, 0.15) is 16.0 Å². The first kappa shape index (κ1) is 10.2. The highest BCUT2D eigenvalue weighted by Crippen LogP contribution is 2.30. The summed E-state index contributed by atoms with van der Waals surface area (Å²) in [6.45, 7) is 2.03. The van der Waals surface area contributed by atoms with Gasteiger partial charge in [0.2, 0.25) is 0 Å². The molecule has 0 spiro atoms. The largest absolute Gasteiger partial charge is 0.223 e. The summed E-state index contributed by atoms with van der Waals surface area (Å²) in [5.41, 5.74) is 2.19. The average Bonchev–Trinajstić information content (AvgIpc) is 2.61. The Kier molecular flexibility index (Phi) is 2.72. The lowest BCUT2D eigenvalue weighted by Gasteiger charge is -1.95. The minimum absolute atomic E-state index is 0.290. The van der Waals surface area contributed by atoms with Gasteiger partial charge in [0, 0.05) is 5.56 Å². The SMILES string of the molecule is Cc1ccc(-c2nc(Cl)c(C#N)s2)cc1. The van der Waals surface area contributed by atoms with E-state index >= 15 is 0 Å². The molecule has 2 aromatic rings. The Bertz CT molecular complexity index is 523. The van der Waals surface area contributed by atoms with Gasteiger partial charge in [-0.15, -0.1) is 11.3 Å². The molecule has 0 unspecified atom stereocenters. The molecule has 0 bridgehead atoms. The molecular weight excluding hydrogens is 228 g/mol. The zero-order valence-corrected chi connectivity index (χ0v) is 9.56. The van der Waals surface area contributed by atoms with Gasteiger partial charge in [-0.25, -0.2) is 4.98 Å². The Morgan fingerprint density at radius 1 is 1.33 bits per heavy atom. The number of nitriles is 1. The van der Waals surface area contributed by atoms with Crippen LogP contribution < -0.4 is 0 Å². The van der Waals surface area contributed by atoms with E-state index in [1.165, 1.54) is 16.9 Å². The number of thiazole rings is 1. The first-order valence-electron chi connectivity index (χ1n) is 4.34. The molecule has 0 amide bonds. The summed E-state index contributed by atoms with van der Waals surface area (Å²) in [6, 6.07) is 10.00. The Morgan fingerprint density at radius 3 is 2.53 bits per heavy atom. The molecule has 4 heteroatoms. The van der Waals surface area contributed by atoms with E-state index < -0.39 is 0 Å². The predicted octanol–water partition coefficient (Wildman–Crippen LogP) is 3.64. The molecule has 0 radical (unpaired) electrons. The average molecular weight is 235 g/mol. The third-order valence-corrected chi connectivity index (χ3v) is 3.38. The van der Waals surface area contributed by atoms with Crippen molar-refractivity contribution >= 4 is 22.9 Å². The summed E-state index contributed by atoms with van der Waals surface area (Å²) >= 11 is 7.12. The third-order valence-electron chi connectivity index (χ3n) is 1.99. The monoisotopic (exact) mass is 234 g/mol. The van der Waals surface area contributed by atoms with Gasteiger partial charge in [0.25, 0.3) is 0 Å². The van der Waals surface area contributed by atoms with E-state index in [0.717, 1.165) is 10.6 Å². The van der Waals surface area contributed by atoms with Crippen molar-refractivity contribution in [1.82, 2.24) is 4.98 Å². The molecule has 0 N–H and O–H groups in total. The molecule has 0 atom stereocenters. The normalized spacial score (nSPS) is 9.93. The van der Waals surface area contributed by atoms with E-state index in [1.807, 2.05) is 37.3 Å². The fourth-order valence-corrected chi connectivity index (χ4v) is 2.24. The van der Waals surface area contributed by atoms with Crippen LogP contribution in [0.3, 0.4) is 0 Å². The molecule has 0 aliphatic rings. The standard InChI is InChI=1S/C11H7ClN2S/c1-7-2-4-8(5-3-7)11-14-10(12)9(6-13)15-11/h2-5H,1H3. The van der Waals surface area contributed by atoms with E-state index in [4.69, 9.17) is 16.9 Å². The number of hydrogen-bond acceptors (Lipinski definition) is 3. The molecule has 1 aromatic carbocycles. The Morgan fingerprint density at radius 2 is 2.00 bits per heavy atom. The molecule has 15 heavy (non-hydrogen) atoms. The zero-order chi connectivity index (χ0) is 10.8. The molecule has 0 saturated carbocycles. The van der Waals surface area contributed by atoms with Crippen molar-refractivity contribution in [2.45, 2.75) is 6.92 Å². The smallest absolute Gasteiger partial charge is 0.158 e. The van der Waals surface area contributed by atoms with Crippen LogP contribution in [0.2, 0.25) is 5.15 Å². The number of rotatable bonds is 1. The number of aryl methyl sites for hydroxylation is 1. The van der Waals surface area contributed by atoms with E-state index in [2.05, 4.69) is 4.98 Å². The lowest BCUT2D eigenvalue weighted by Crippen LogP contribution is -1.76. The topological polar surface area (TPSA) is 36.7 Å². The highest BCUT2D eigenvalue weighted by atomic mass is 35.5. The van der Waals surface area contributed by atoms with Gasteiger partial charge in [-0.3, -0.25) is 0 Å². The van der Waals surface area contributed by atoms with Crippen molar-refractivity contribution in [3.63, 3.8) is 0 Å². The van der Waals surface area contributed by atoms with Crippen molar-refractivity contribution in [3.8, 4) is 16.6 Å². The van der Waals surface area contributed by atoms with Crippen molar-refractivity contribution < 1.29 is 0 Å². The van der Waals surface area contributed by atoms with Crippen LogP contribution in [0.15, 0.2) is 24.3 Å². The second-order valence-corrected chi connectivity index (χ2v) is 4.47. The first-order valence-corrected chi connectivity index (χ1v) is 5.53. The van der Waals surface area contributed by atoms with Crippen LogP contribution >= 0.6 is 22.9 Å². The molecular formula is C11H7ClN2S. The first-order chi connectivity index (χ1) is 7.20. The van der Waals surface area contributed by atoms with E-state index in [-0.39, 0.29) is 5.15 Å². The number of benzene rings is 1. The van der Waals surface area contributed by atoms with E-state index in [0.29, 0.717) is 4.88 Å². The van der Waals surface area contributed by atoms with Crippen molar-refractivity contribution in [2.75, 3.05) is 0 Å². The van der Waals surface area contributed by atoms with E-state index in [1.54, 1.807) is 0 Å². The molecule has 2 nitrogen and oxygen atoms in total. The number of halogens is 1. The molecule has 0 aliphatic carbocycles. The number of hydrogen-bond donors (Lipinski definition) is 0. The van der Waals surface area contributed by atoms with Crippen molar-refractivity contribution in [3.05, 3.63) is 39.9 Å². The lowest BCUT2D eigenvalue weighted by atomic mass is 10.2. The maximum atomic E-state index is 8.76. The quantitative estimate of drug-likeness (QED) is 0.755. The zero-order valence-electron chi connectivity index (χ0n) is 7.99. The molecule has 74 valence electrons. The Hall–Kier alpha value is -1.37. The molecule has 0 saturated heterocycles. The van der Waals surface area contributed by atoms with Crippen LogP contribution in [-0.4, -0.2) is 4.98 Å². The summed E-state index contributed by atoms with van der Waals surface area (Å²) in [6.07, 6.45) is 0. The fourth-order valence-electron chi connectivity index (χ4n) is 1.19. The maximum absolute atomic E-state index is 8.76. The van der Waals surface area contributed by atoms with Crippen LogP contribution in [0.5, 0.6) is 0 Å². The molecule has 1 heterocycles. The minimum Gasteiger partial charge on any atom is -0.223 e. The van der Waals surface area contributed by atoms with Gasteiger partial charge in [-0.2, -0.15) is 5.26 Å². The number of aromatic nitrogens is 1. The Labute approximate surface area is 96.8 Å². The van der Waals surface area contributed by atoms with Crippen molar-refractivity contribution in [1.29, 1.82) is 5.26 Å². The molecule has 1 aromatic heterocycles. The van der Waals surface area contributed by atoms with Crippen LogP contribution in [0, 0.1) is 18.3 Å². The van der Waals surface area contributed by atoms with Gasteiger partial charge >= 0.3 is 0 Å². The molecule has 2 rings (SSSR count). The van der Waals surface area contributed by atoms with Gasteiger partial charge in [-0.05, 0) is 6.92 Å². The second-order valence-electron chi connectivity index (χ2n) is 3.12. The fraction of sp³-hybridized carbons (Fsp3) is 0.0909. The third kappa shape index (κ3) is 2.01. The van der Waals surface area contributed by atoms with E-state index in [9.17, 15) is 0 Å². The minimum atomic E-state index is 0.290. The highest BCUT2D eigenvalue weighted by molar-refractivity contribution is 7.16. The summed E-state index contributed by atoms with van der Waals surface area (Å²) in [5, 5.41) is 9.84. The number of nitrogens with zero attached hydrogens (tertiary/aromatic N) is 2. The van der Waals surface area contributed by atoms with Crippen LogP contribution in [-0.2, 0) is 0 Å². The molecule has 0 aliphatic heterocycles. The van der Waals surface area contributed by atoms with Crippen LogP contribution in [0.4, 0.5) is 0 Å². The van der Waals surface area contributed by atoms with Gasteiger partial charge < -0.3 is 0 Å². The summed E-state index contributed by atoms with van der Waals surface area (Å²) < 4.78 is 0. The lowest BCUT2D eigenvalue weighted by molar-refractivity contribution is 1.39.